The van der Waals surface area contributed by atoms with Gasteiger partial charge in [0.2, 0.25) is 0 Å². The molecule has 0 atom stereocenters. The zero-order valence-electron chi connectivity index (χ0n) is 8.22. The maximum atomic E-state index is 3.89. The summed E-state index contributed by atoms with van der Waals surface area (Å²) in [5, 5.41) is 0. The van der Waals surface area contributed by atoms with Gasteiger partial charge in [-0.2, -0.15) is 0 Å². The summed E-state index contributed by atoms with van der Waals surface area (Å²) in [6, 6.07) is 8.47. The molecular formula is C11H16N2. The van der Waals surface area contributed by atoms with E-state index in [0.717, 1.165) is 12.1 Å². The van der Waals surface area contributed by atoms with Crippen LogP contribution >= 0.6 is 0 Å². The molecule has 0 fully saturated rings. The van der Waals surface area contributed by atoms with Crippen molar-refractivity contribution in [1.82, 2.24) is 10.9 Å². The quantitative estimate of drug-likeness (QED) is 0.683. The zero-order valence-corrected chi connectivity index (χ0v) is 8.22. The molecule has 70 valence electrons. The molecule has 0 saturated carbocycles. The fourth-order valence-electron chi connectivity index (χ4n) is 1.17. The Hall–Kier alpha value is -1.28. The van der Waals surface area contributed by atoms with Crippen LogP contribution in [0.3, 0.4) is 0 Å². The molecular weight excluding hydrogens is 160 g/mol. The highest BCUT2D eigenvalue weighted by Gasteiger charge is 1.94. The van der Waals surface area contributed by atoms with Crippen LogP contribution in [0.25, 0.3) is 0 Å². The lowest BCUT2D eigenvalue weighted by atomic mass is 10.1. The Morgan fingerprint density at radius 1 is 1.31 bits per heavy atom. The molecule has 13 heavy (non-hydrogen) atoms. The van der Waals surface area contributed by atoms with E-state index in [1.807, 2.05) is 7.05 Å². The first-order chi connectivity index (χ1) is 6.22. The fourth-order valence-corrected chi connectivity index (χ4v) is 1.17. The van der Waals surface area contributed by atoms with Crippen molar-refractivity contribution < 1.29 is 0 Å². The second-order valence-electron chi connectivity index (χ2n) is 3.14. The van der Waals surface area contributed by atoms with Crippen LogP contribution in [0.15, 0.2) is 36.5 Å². The van der Waals surface area contributed by atoms with Crippen LogP contribution in [0.5, 0.6) is 0 Å². The minimum atomic E-state index is 0.862. The standard InChI is InChI=1S/C11H16N2/c1-9-4-6-11(7-5-9)8-10(2)13-12-3/h4-7,12-13H,2,8H2,1,3H3. The summed E-state index contributed by atoms with van der Waals surface area (Å²) >= 11 is 0. The van der Waals surface area contributed by atoms with Gasteiger partial charge in [0.15, 0.2) is 0 Å². The predicted molar refractivity (Wildman–Crippen MR) is 56.2 cm³/mol. The molecule has 0 aliphatic carbocycles. The lowest BCUT2D eigenvalue weighted by Gasteiger charge is -2.07. The van der Waals surface area contributed by atoms with Crippen molar-refractivity contribution in [2.24, 2.45) is 0 Å². The summed E-state index contributed by atoms with van der Waals surface area (Å²) in [5.74, 6) is 0. The summed E-state index contributed by atoms with van der Waals surface area (Å²) < 4.78 is 0. The third kappa shape index (κ3) is 3.30. The van der Waals surface area contributed by atoms with Crippen LogP contribution in [0, 0.1) is 6.92 Å². The highest BCUT2D eigenvalue weighted by atomic mass is 15.3. The summed E-state index contributed by atoms with van der Waals surface area (Å²) in [6.07, 6.45) is 0.862. The molecule has 0 heterocycles. The highest BCUT2D eigenvalue weighted by molar-refractivity contribution is 5.24. The third-order valence-corrected chi connectivity index (χ3v) is 1.84. The van der Waals surface area contributed by atoms with Crippen molar-refractivity contribution in [3.63, 3.8) is 0 Å². The normalized spacial score (nSPS) is 9.69. The van der Waals surface area contributed by atoms with E-state index in [-0.39, 0.29) is 0 Å². The van der Waals surface area contributed by atoms with E-state index in [9.17, 15) is 0 Å². The first-order valence-electron chi connectivity index (χ1n) is 4.38. The summed E-state index contributed by atoms with van der Waals surface area (Å²) in [6.45, 7) is 5.98. The van der Waals surface area contributed by atoms with Gasteiger partial charge in [-0.15, -0.1) is 0 Å². The molecule has 0 aliphatic heterocycles. The minimum Gasteiger partial charge on any atom is -0.326 e. The minimum absolute atomic E-state index is 0.862. The van der Waals surface area contributed by atoms with E-state index < -0.39 is 0 Å². The van der Waals surface area contributed by atoms with E-state index in [4.69, 9.17) is 0 Å². The third-order valence-electron chi connectivity index (χ3n) is 1.84. The second kappa shape index (κ2) is 4.67. The predicted octanol–water partition coefficient (Wildman–Crippen LogP) is 1.78. The maximum Gasteiger partial charge on any atom is 0.0233 e. The SMILES string of the molecule is C=C(Cc1ccc(C)cc1)NNC. The van der Waals surface area contributed by atoms with Crippen molar-refractivity contribution in [3.05, 3.63) is 47.7 Å². The van der Waals surface area contributed by atoms with Gasteiger partial charge in [-0.05, 0) is 12.5 Å². The average Bonchev–Trinajstić information content (AvgIpc) is 2.09. The Morgan fingerprint density at radius 2 is 1.92 bits per heavy atom. The molecule has 2 heteroatoms. The number of aryl methyl sites for hydroxylation is 1. The lowest BCUT2D eigenvalue weighted by Crippen LogP contribution is -2.26. The Labute approximate surface area is 79.6 Å². The molecule has 0 saturated heterocycles. The van der Waals surface area contributed by atoms with Crippen molar-refractivity contribution in [2.45, 2.75) is 13.3 Å². The average molecular weight is 176 g/mol. The molecule has 0 spiro atoms. The Balaban J connectivity index is 2.54. The van der Waals surface area contributed by atoms with Crippen LogP contribution in [0.1, 0.15) is 11.1 Å². The van der Waals surface area contributed by atoms with Crippen molar-refractivity contribution in [2.75, 3.05) is 7.05 Å². The number of benzene rings is 1. The van der Waals surface area contributed by atoms with Gasteiger partial charge < -0.3 is 5.43 Å². The van der Waals surface area contributed by atoms with E-state index in [1.165, 1.54) is 11.1 Å². The summed E-state index contributed by atoms with van der Waals surface area (Å²) in [4.78, 5) is 0. The summed E-state index contributed by atoms with van der Waals surface area (Å²) in [5.41, 5.74) is 9.36. The van der Waals surface area contributed by atoms with Gasteiger partial charge in [-0.1, -0.05) is 36.4 Å². The molecule has 0 bridgehead atoms. The molecule has 0 aromatic heterocycles. The zero-order chi connectivity index (χ0) is 9.68. The van der Waals surface area contributed by atoms with Crippen LogP contribution in [0.2, 0.25) is 0 Å². The number of hydrogen-bond acceptors (Lipinski definition) is 2. The Bertz CT molecular complexity index is 275. The largest absolute Gasteiger partial charge is 0.326 e. The van der Waals surface area contributed by atoms with Crippen LogP contribution in [-0.4, -0.2) is 7.05 Å². The van der Waals surface area contributed by atoms with E-state index in [1.54, 1.807) is 0 Å². The Morgan fingerprint density at radius 3 is 2.46 bits per heavy atom. The maximum absolute atomic E-state index is 3.89. The van der Waals surface area contributed by atoms with Crippen molar-refractivity contribution in [1.29, 1.82) is 0 Å². The van der Waals surface area contributed by atoms with Crippen LogP contribution in [0.4, 0.5) is 0 Å². The molecule has 1 aromatic carbocycles. The van der Waals surface area contributed by atoms with Gasteiger partial charge in [0, 0.05) is 19.2 Å². The first kappa shape index (κ1) is 9.81. The topological polar surface area (TPSA) is 24.1 Å². The van der Waals surface area contributed by atoms with Gasteiger partial charge in [-0.25, -0.2) is 5.43 Å². The number of hydrazine groups is 1. The molecule has 2 N–H and O–H groups in total. The molecule has 0 unspecified atom stereocenters. The van der Waals surface area contributed by atoms with Crippen molar-refractivity contribution >= 4 is 0 Å². The molecule has 0 amide bonds. The van der Waals surface area contributed by atoms with Gasteiger partial charge in [0.05, 0.1) is 0 Å². The molecule has 1 rings (SSSR count). The van der Waals surface area contributed by atoms with Crippen LogP contribution < -0.4 is 10.9 Å². The van der Waals surface area contributed by atoms with E-state index in [0.29, 0.717) is 0 Å². The Kier molecular flexibility index (Phi) is 3.53. The van der Waals surface area contributed by atoms with Crippen molar-refractivity contribution in [3.8, 4) is 0 Å². The van der Waals surface area contributed by atoms with Gasteiger partial charge >= 0.3 is 0 Å². The highest BCUT2D eigenvalue weighted by Crippen LogP contribution is 2.06. The number of allylic oxidation sites excluding steroid dienone is 1. The van der Waals surface area contributed by atoms with Gasteiger partial charge in [0.25, 0.3) is 0 Å². The molecule has 2 nitrogen and oxygen atoms in total. The fraction of sp³-hybridized carbons (Fsp3) is 0.273. The van der Waals surface area contributed by atoms with E-state index in [2.05, 4.69) is 48.6 Å². The number of nitrogens with one attached hydrogen (secondary N) is 2. The van der Waals surface area contributed by atoms with E-state index >= 15 is 0 Å². The smallest absolute Gasteiger partial charge is 0.0233 e. The lowest BCUT2D eigenvalue weighted by molar-refractivity contribution is 0.675. The number of hydrogen-bond donors (Lipinski definition) is 2. The molecule has 0 radical (unpaired) electrons. The summed E-state index contributed by atoms with van der Waals surface area (Å²) in [7, 11) is 1.83. The van der Waals surface area contributed by atoms with Gasteiger partial charge in [0.1, 0.15) is 0 Å². The molecule has 1 aromatic rings. The number of rotatable bonds is 4. The van der Waals surface area contributed by atoms with Crippen LogP contribution in [-0.2, 0) is 6.42 Å². The monoisotopic (exact) mass is 176 g/mol. The first-order valence-corrected chi connectivity index (χ1v) is 4.38. The second-order valence-corrected chi connectivity index (χ2v) is 3.14. The van der Waals surface area contributed by atoms with Gasteiger partial charge in [-0.3, -0.25) is 0 Å². The molecule has 0 aliphatic rings.